The molecule has 0 bridgehead atoms. The van der Waals surface area contributed by atoms with Crippen LogP contribution in [0.5, 0.6) is 0 Å². The molecule has 0 aliphatic carbocycles. The van der Waals surface area contributed by atoms with Gasteiger partial charge < -0.3 is 10.1 Å². The summed E-state index contributed by atoms with van der Waals surface area (Å²) in [5, 5.41) is 16.0. The largest absolute Gasteiger partial charge is 0.462 e. The molecular weight excluding hydrogens is 396 g/mol. The Morgan fingerprint density at radius 1 is 1.10 bits per heavy atom. The topological polar surface area (TPSA) is 123 Å². The van der Waals surface area contributed by atoms with Gasteiger partial charge in [-0.2, -0.15) is 0 Å². The Morgan fingerprint density at radius 2 is 1.79 bits per heavy atom. The molecule has 10 heteroatoms. The van der Waals surface area contributed by atoms with Crippen LogP contribution in [0.15, 0.2) is 54.6 Å². The first kappa shape index (κ1) is 20.0. The number of non-ortho nitro benzene ring substituents is 1. The van der Waals surface area contributed by atoms with Crippen LogP contribution < -0.4 is 10.6 Å². The number of nitro groups is 1. The first-order valence-corrected chi connectivity index (χ1v) is 9.35. The lowest BCUT2D eigenvalue weighted by Crippen LogP contribution is -2.19. The van der Waals surface area contributed by atoms with E-state index in [1.54, 1.807) is 19.1 Å². The van der Waals surface area contributed by atoms with E-state index < -0.39 is 16.9 Å². The Morgan fingerprint density at radius 3 is 2.41 bits per heavy atom. The summed E-state index contributed by atoms with van der Waals surface area (Å²) in [6, 6.07) is 13.9. The highest BCUT2D eigenvalue weighted by atomic mass is 32.1. The van der Waals surface area contributed by atoms with Gasteiger partial charge in [0.05, 0.1) is 17.2 Å². The summed E-state index contributed by atoms with van der Waals surface area (Å²) in [5.41, 5.74) is 1.43. The standard InChI is InChI=1S/C19H16N4O5S/c1-2-28-17(24)16-15(12-6-4-3-5-7-12)21-19(29-16)22-18(25)20-13-8-10-14(11-9-13)23(26)27/h3-11H,2H2,1H3,(H2,20,21,22,25). The number of ether oxygens (including phenoxy) is 1. The summed E-state index contributed by atoms with van der Waals surface area (Å²) in [5.74, 6) is -0.521. The van der Waals surface area contributed by atoms with Gasteiger partial charge in [-0.05, 0) is 19.1 Å². The van der Waals surface area contributed by atoms with E-state index >= 15 is 0 Å². The molecule has 1 aromatic heterocycles. The van der Waals surface area contributed by atoms with Crippen molar-refractivity contribution >= 4 is 39.8 Å². The smallest absolute Gasteiger partial charge is 0.350 e. The molecule has 0 saturated heterocycles. The second-order valence-corrected chi connectivity index (χ2v) is 6.67. The second kappa shape index (κ2) is 8.93. The van der Waals surface area contributed by atoms with Crippen LogP contribution in [-0.4, -0.2) is 28.5 Å². The van der Waals surface area contributed by atoms with Gasteiger partial charge in [-0.3, -0.25) is 15.4 Å². The van der Waals surface area contributed by atoms with Gasteiger partial charge in [0.2, 0.25) is 0 Å². The van der Waals surface area contributed by atoms with Gasteiger partial charge in [-0.25, -0.2) is 14.6 Å². The number of nitro benzene ring substituents is 1. The molecule has 0 aliphatic heterocycles. The van der Waals surface area contributed by atoms with Gasteiger partial charge in [0, 0.05) is 23.4 Å². The molecule has 3 aromatic rings. The Bertz CT molecular complexity index is 1030. The third-order valence-corrected chi connectivity index (χ3v) is 4.64. The van der Waals surface area contributed by atoms with Crippen LogP contribution in [-0.2, 0) is 4.74 Å². The van der Waals surface area contributed by atoms with Crippen LogP contribution in [0.3, 0.4) is 0 Å². The summed E-state index contributed by atoms with van der Waals surface area (Å²) in [6.07, 6.45) is 0. The quantitative estimate of drug-likeness (QED) is 0.348. The molecule has 0 atom stereocenters. The fourth-order valence-corrected chi connectivity index (χ4v) is 3.30. The minimum Gasteiger partial charge on any atom is -0.462 e. The molecule has 9 nitrogen and oxygen atoms in total. The lowest BCUT2D eigenvalue weighted by atomic mass is 10.1. The minimum atomic E-state index is -0.595. The van der Waals surface area contributed by atoms with Gasteiger partial charge in [0.1, 0.15) is 4.88 Å². The normalized spacial score (nSPS) is 10.2. The second-order valence-electron chi connectivity index (χ2n) is 5.67. The lowest BCUT2D eigenvalue weighted by molar-refractivity contribution is -0.384. The number of carbonyl (C=O) groups excluding carboxylic acids is 2. The molecule has 0 unspecified atom stereocenters. The number of hydrogen-bond acceptors (Lipinski definition) is 7. The Labute approximate surface area is 169 Å². The van der Waals surface area contributed by atoms with Crippen molar-refractivity contribution in [3.63, 3.8) is 0 Å². The van der Waals surface area contributed by atoms with Crippen LogP contribution >= 0.6 is 11.3 Å². The number of esters is 1. The number of benzene rings is 2. The predicted molar refractivity (Wildman–Crippen MR) is 109 cm³/mol. The highest BCUT2D eigenvalue weighted by molar-refractivity contribution is 7.18. The number of rotatable bonds is 6. The van der Waals surface area contributed by atoms with Crippen LogP contribution in [0.1, 0.15) is 16.6 Å². The van der Waals surface area contributed by atoms with E-state index in [9.17, 15) is 19.7 Å². The van der Waals surface area contributed by atoms with E-state index in [-0.39, 0.29) is 22.3 Å². The number of nitrogens with zero attached hydrogens (tertiary/aromatic N) is 2. The average Bonchev–Trinajstić information content (AvgIpc) is 3.13. The maximum atomic E-state index is 12.3. The van der Waals surface area contributed by atoms with Crippen LogP contribution in [0.4, 0.5) is 21.3 Å². The van der Waals surface area contributed by atoms with E-state index in [0.29, 0.717) is 11.4 Å². The average molecular weight is 412 g/mol. The molecule has 3 rings (SSSR count). The molecule has 29 heavy (non-hydrogen) atoms. The number of thiazole rings is 1. The molecular formula is C19H16N4O5S. The zero-order chi connectivity index (χ0) is 20.8. The fraction of sp³-hybridized carbons (Fsp3) is 0.105. The molecule has 2 N–H and O–H groups in total. The molecule has 148 valence electrons. The Kier molecular flexibility index (Phi) is 6.15. The van der Waals surface area contributed by atoms with Crippen molar-refractivity contribution in [1.82, 2.24) is 4.98 Å². The van der Waals surface area contributed by atoms with Crippen molar-refractivity contribution in [2.24, 2.45) is 0 Å². The van der Waals surface area contributed by atoms with Gasteiger partial charge in [-0.15, -0.1) is 0 Å². The van der Waals surface area contributed by atoms with E-state index in [2.05, 4.69) is 15.6 Å². The highest BCUT2D eigenvalue weighted by Gasteiger charge is 2.21. The van der Waals surface area contributed by atoms with Crippen LogP contribution in [0, 0.1) is 10.1 Å². The van der Waals surface area contributed by atoms with Crippen molar-refractivity contribution in [2.75, 3.05) is 17.2 Å². The number of amides is 2. The molecule has 0 fully saturated rings. The SMILES string of the molecule is CCOC(=O)c1sc(NC(=O)Nc2ccc([N+](=O)[O-])cc2)nc1-c1ccccc1. The van der Waals surface area contributed by atoms with Gasteiger partial charge in [-0.1, -0.05) is 41.7 Å². The number of urea groups is 1. The highest BCUT2D eigenvalue weighted by Crippen LogP contribution is 2.32. The molecule has 0 aliphatic rings. The third kappa shape index (κ3) is 4.93. The van der Waals surface area contributed by atoms with E-state index in [1.165, 1.54) is 24.3 Å². The maximum Gasteiger partial charge on any atom is 0.350 e. The van der Waals surface area contributed by atoms with E-state index in [4.69, 9.17) is 4.74 Å². The first-order chi connectivity index (χ1) is 14.0. The summed E-state index contributed by atoms with van der Waals surface area (Å²) >= 11 is 1.00. The number of carbonyl (C=O) groups is 2. The third-order valence-electron chi connectivity index (χ3n) is 3.69. The van der Waals surface area contributed by atoms with Crippen LogP contribution in [0.2, 0.25) is 0 Å². The zero-order valence-corrected chi connectivity index (χ0v) is 16.1. The van der Waals surface area contributed by atoms with E-state index in [0.717, 1.165) is 16.9 Å². The summed E-state index contributed by atoms with van der Waals surface area (Å²) in [4.78, 5) is 39.3. The first-order valence-electron chi connectivity index (χ1n) is 8.53. The van der Waals surface area contributed by atoms with Gasteiger partial charge in [0.25, 0.3) is 5.69 Å². The Hall–Kier alpha value is -3.79. The molecule has 0 spiro atoms. The Balaban J connectivity index is 1.78. The van der Waals surface area contributed by atoms with Crippen molar-refractivity contribution in [3.05, 3.63) is 69.6 Å². The minimum absolute atomic E-state index is 0.0811. The number of aromatic nitrogens is 1. The van der Waals surface area contributed by atoms with Crippen molar-refractivity contribution in [2.45, 2.75) is 6.92 Å². The summed E-state index contributed by atoms with van der Waals surface area (Å²) in [7, 11) is 0. The molecule has 0 saturated carbocycles. The molecule has 2 amide bonds. The molecule has 2 aromatic carbocycles. The number of anilines is 2. The van der Waals surface area contributed by atoms with Crippen molar-refractivity contribution in [3.8, 4) is 11.3 Å². The van der Waals surface area contributed by atoms with E-state index in [1.807, 2.05) is 18.2 Å². The van der Waals surface area contributed by atoms with Crippen LogP contribution in [0.25, 0.3) is 11.3 Å². The van der Waals surface area contributed by atoms with Gasteiger partial charge >= 0.3 is 12.0 Å². The van der Waals surface area contributed by atoms with Gasteiger partial charge in [0.15, 0.2) is 5.13 Å². The lowest BCUT2D eigenvalue weighted by Gasteiger charge is -2.04. The monoisotopic (exact) mass is 412 g/mol. The molecule has 0 radical (unpaired) electrons. The van der Waals surface area contributed by atoms with Crippen molar-refractivity contribution in [1.29, 1.82) is 0 Å². The number of hydrogen-bond donors (Lipinski definition) is 2. The maximum absolute atomic E-state index is 12.3. The zero-order valence-electron chi connectivity index (χ0n) is 15.2. The predicted octanol–water partition coefficient (Wildman–Crippen LogP) is 4.54. The summed E-state index contributed by atoms with van der Waals surface area (Å²) in [6.45, 7) is 1.92. The summed E-state index contributed by atoms with van der Waals surface area (Å²) < 4.78 is 5.08. The van der Waals surface area contributed by atoms with Crippen molar-refractivity contribution < 1.29 is 19.2 Å². The fourth-order valence-electron chi connectivity index (χ4n) is 2.43. The molecule has 1 heterocycles. The number of nitrogens with one attached hydrogen (secondary N) is 2.